The number of anilines is 1. The first kappa shape index (κ1) is 23.8. The molecule has 1 amide bonds. The number of carbonyl (C=O) groups is 1. The molecular formula is C26H25BrN2O5S. The molecule has 0 aliphatic carbocycles. The van der Waals surface area contributed by atoms with E-state index in [-0.39, 0.29) is 22.0 Å². The largest absolute Gasteiger partial charge is 0.456 e. The number of sulfonamides is 1. The third-order valence-corrected chi connectivity index (χ3v) is 8.57. The zero-order valence-corrected chi connectivity index (χ0v) is 21.6. The van der Waals surface area contributed by atoms with Crippen LogP contribution >= 0.6 is 15.9 Å². The van der Waals surface area contributed by atoms with Gasteiger partial charge in [0.1, 0.15) is 16.4 Å². The fourth-order valence-electron chi connectivity index (χ4n) is 4.27. The highest BCUT2D eigenvalue weighted by Gasteiger charge is 2.32. The number of amides is 1. The van der Waals surface area contributed by atoms with Gasteiger partial charge in [0.15, 0.2) is 11.5 Å². The summed E-state index contributed by atoms with van der Waals surface area (Å²) in [4.78, 5) is 13.1. The molecule has 2 heterocycles. The van der Waals surface area contributed by atoms with E-state index in [4.69, 9.17) is 9.47 Å². The van der Waals surface area contributed by atoms with Gasteiger partial charge in [-0.15, -0.1) is 0 Å². The molecule has 0 bridgehead atoms. The van der Waals surface area contributed by atoms with Gasteiger partial charge in [0, 0.05) is 23.6 Å². The molecule has 0 radical (unpaired) electrons. The van der Waals surface area contributed by atoms with Gasteiger partial charge in [-0.1, -0.05) is 34.8 Å². The van der Waals surface area contributed by atoms with Gasteiger partial charge in [0.2, 0.25) is 10.0 Å². The molecule has 0 aromatic heterocycles. The van der Waals surface area contributed by atoms with E-state index in [1.54, 1.807) is 18.2 Å². The average Bonchev–Trinajstić information content (AvgIpc) is 3.18. The van der Waals surface area contributed by atoms with Crippen molar-refractivity contribution < 1.29 is 22.7 Å². The number of halogens is 1. The second-order valence-electron chi connectivity index (χ2n) is 8.73. The molecule has 0 atom stereocenters. The van der Waals surface area contributed by atoms with Crippen molar-refractivity contribution in [2.75, 3.05) is 18.4 Å². The predicted octanol–water partition coefficient (Wildman–Crippen LogP) is 6.47. The topological polar surface area (TPSA) is 84.9 Å². The second-order valence-corrected chi connectivity index (χ2v) is 11.5. The lowest BCUT2D eigenvalue weighted by atomic mass is 10.1. The van der Waals surface area contributed by atoms with Crippen LogP contribution in [0.15, 0.2) is 64.0 Å². The maximum atomic E-state index is 13.8. The molecule has 1 saturated heterocycles. The zero-order chi connectivity index (χ0) is 24.6. The Balaban J connectivity index is 1.64. The Bertz CT molecular complexity index is 1380. The summed E-state index contributed by atoms with van der Waals surface area (Å²) in [5, 5.41) is 2.84. The van der Waals surface area contributed by atoms with Crippen LogP contribution in [0.2, 0.25) is 0 Å². The first-order valence-electron chi connectivity index (χ1n) is 11.5. The Hall–Kier alpha value is -2.88. The maximum Gasteiger partial charge on any atom is 0.259 e. The molecule has 1 N–H and O–H groups in total. The van der Waals surface area contributed by atoms with Crippen LogP contribution in [0.4, 0.5) is 5.69 Å². The van der Waals surface area contributed by atoms with E-state index in [9.17, 15) is 13.2 Å². The highest BCUT2D eigenvalue weighted by molar-refractivity contribution is 9.10. The normalized spacial score (nSPS) is 16.2. The van der Waals surface area contributed by atoms with Gasteiger partial charge in [-0.05, 0) is 67.8 Å². The molecule has 35 heavy (non-hydrogen) atoms. The summed E-state index contributed by atoms with van der Waals surface area (Å²) in [6.45, 7) is 2.79. The summed E-state index contributed by atoms with van der Waals surface area (Å²) < 4.78 is 42.1. The minimum Gasteiger partial charge on any atom is -0.456 e. The Kier molecular flexibility index (Phi) is 6.57. The number of nitrogens with zero attached hydrogens (tertiary/aromatic N) is 1. The zero-order valence-electron chi connectivity index (χ0n) is 19.2. The van der Waals surface area contributed by atoms with Crippen LogP contribution in [0.5, 0.6) is 23.0 Å². The molecule has 5 rings (SSSR count). The van der Waals surface area contributed by atoms with Crippen molar-refractivity contribution in [1.82, 2.24) is 4.31 Å². The molecule has 3 aromatic rings. The van der Waals surface area contributed by atoms with E-state index < -0.39 is 15.9 Å². The van der Waals surface area contributed by atoms with Crippen molar-refractivity contribution in [2.24, 2.45) is 0 Å². The number of fused-ring (bicyclic) bond motifs is 2. The minimum atomic E-state index is -3.92. The smallest absolute Gasteiger partial charge is 0.259 e. The van der Waals surface area contributed by atoms with Crippen molar-refractivity contribution in [2.45, 2.75) is 37.5 Å². The highest BCUT2D eigenvalue weighted by atomic mass is 79.9. The van der Waals surface area contributed by atoms with Crippen LogP contribution < -0.4 is 14.8 Å². The minimum absolute atomic E-state index is 0.0537. The number of benzene rings is 3. The van der Waals surface area contributed by atoms with Crippen molar-refractivity contribution in [1.29, 1.82) is 0 Å². The Morgan fingerprint density at radius 3 is 2.37 bits per heavy atom. The summed E-state index contributed by atoms with van der Waals surface area (Å²) in [5.41, 5.74) is 1.62. The number of hydrogen-bond acceptors (Lipinski definition) is 5. The van der Waals surface area contributed by atoms with Crippen LogP contribution in [0.25, 0.3) is 0 Å². The molecule has 2 aliphatic rings. The third-order valence-electron chi connectivity index (χ3n) is 6.12. The Morgan fingerprint density at radius 1 is 0.943 bits per heavy atom. The van der Waals surface area contributed by atoms with Crippen LogP contribution in [0.1, 0.15) is 41.6 Å². The van der Waals surface area contributed by atoms with E-state index in [1.165, 1.54) is 16.4 Å². The first-order chi connectivity index (χ1) is 16.8. The summed E-state index contributed by atoms with van der Waals surface area (Å²) in [6.07, 6.45) is 3.58. The fraction of sp³-hybridized carbons (Fsp3) is 0.269. The van der Waals surface area contributed by atoms with Crippen molar-refractivity contribution in [3.05, 3.63) is 70.2 Å². The molecule has 3 aromatic carbocycles. The van der Waals surface area contributed by atoms with E-state index in [2.05, 4.69) is 21.2 Å². The Labute approximate surface area is 213 Å². The molecule has 0 saturated carbocycles. The van der Waals surface area contributed by atoms with Gasteiger partial charge >= 0.3 is 0 Å². The van der Waals surface area contributed by atoms with Gasteiger partial charge in [0.25, 0.3) is 5.91 Å². The van der Waals surface area contributed by atoms with E-state index in [1.807, 2.05) is 31.2 Å². The van der Waals surface area contributed by atoms with Crippen LogP contribution in [-0.4, -0.2) is 31.7 Å². The van der Waals surface area contributed by atoms with E-state index in [0.717, 1.165) is 35.7 Å². The average molecular weight is 557 g/mol. The second kappa shape index (κ2) is 9.64. The van der Waals surface area contributed by atoms with Crippen molar-refractivity contribution in [3.63, 3.8) is 0 Å². The van der Waals surface area contributed by atoms with Gasteiger partial charge in [-0.25, -0.2) is 8.42 Å². The van der Waals surface area contributed by atoms with Crippen LogP contribution in [0.3, 0.4) is 0 Å². The molecular weight excluding hydrogens is 532 g/mol. The predicted molar refractivity (Wildman–Crippen MR) is 137 cm³/mol. The number of hydrogen-bond donors (Lipinski definition) is 1. The molecule has 7 nitrogen and oxygen atoms in total. The molecule has 0 unspecified atom stereocenters. The number of rotatable bonds is 4. The van der Waals surface area contributed by atoms with Gasteiger partial charge in [-0.2, -0.15) is 4.31 Å². The monoisotopic (exact) mass is 556 g/mol. The summed E-state index contributed by atoms with van der Waals surface area (Å²) in [7, 11) is -3.92. The molecule has 182 valence electrons. The Morgan fingerprint density at radius 2 is 1.66 bits per heavy atom. The van der Waals surface area contributed by atoms with Crippen LogP contribution in [-0.2, 0) is 10.0 Å². The van der Waals surface area contributed by atoms with Crippen molar-refractivity contribution >= 4 is 37.5 Å². The van der Waals surface area contributed by atoms with Crippen LogP contribution in [0, 0.1) is 6.92 Å². The number of carbonyl (C=O) groups excluding carboxylic acids is 1. The summed E-state index contributed by atoms with van der Waals surface area (Å²) in [6, 6.07) is 15.4. The maximum absolute atomic E-state index is 13.8. The quantitative estimate of drug-likeness (QED) is 0.398. The number of ether oxygens (including phenoxy) is 2. The highest BCUT2D eigenvalue weighted by Crippen LogP contribution is 2.42. The molecule has 9 heteroatoms. The number of aryl methyl sites for hydroxylation is 1. The standard InChI is InChI=1S/C26H25BrN2O5S/c1-17-6-11-22-21(14-17)28-26(30)20-15-25(35(31,32)29-12-4-2-3-5-13-29)24(16-23(20)34-22)33-19-9-7-18(27)8-10-19/h6-11,14-16H,2-5,12-13H2,1H3,(H,28,30). The SMILES string of the molecule is Cc1ccc2c(c1)NC(=O)c1cc(S(=O)(=O)N3CCCCCC3)c(Oc3ccc(Br)cc3)cc1O2. The molecule has 2 aliphatic heterocycles. The first-order valence-corrected chi connectivity index (χ1v) is 13.8. The van der Waals surface area contributed by atoms with Crippen molar-refractivity contribution in [3.8, 4) is 23.0 Å². The van der Waals surface area contributed by atoms with E-state index in [0.29, 0.717) is 30.3 Å². The van der Waals surface area contributed by atoms with Gasteiger partial charge < -0.3 is 14.8 Å². The lowest BCUT2D eigenvalue weighted by Gasteiger charge is -2.22. The van der Waals surface area contributed by atoms with Gasteiger partial charge in [-0.3, -0.25) is 4.79 Å². The molecule has 0 spiro atoms. The molecule has 1 fully saturated rings. The number of nitrogens with one attached hydrogen (secondary N) is 1. The van der Waals surface area contributed by atoms with Gasteiger partial charge in [0.05, 0.1) is 11.3 Å². The summed E-state index contributed by atoms with van der Waals surface area (Å²) in [5.74, 6) is 0.840. The fourth-order valence-corrected chi connectivity index (χ4v) is 6.18. The third kappa shape index (κ3) is 4.94. The van der Waals surface area contributed by atoms with E-state index >= 15 is 0 Å². The lowest BCUT2D eigenvalue weighted by Crippen LogP contribution is -2.32. The lowest BCUT2D eigenvalue weighted by molar-refractivity contribution is 0.102. The summed E-state index contributed by atoms with van der Waals surface area (Å²) >= 11 is 3.40.